The number of benzene rings is 1. The third kappa shape index (κ3) is 3.00. The highest BCUT2D eigenvalue weighted by Crippen LogP contribution is 2.26. The van der Waals surface area contributed by atoms with Crippen LogP contribution in [0.1, 0.15) is 24.4 Å². The number of rotatable bonds is 4. The van der Waals surface area contributed by atoms with Gasteiger partial charge in [0.05, 0.1) is 6.61 Å². The molecule has 1 heterocycles. The molecule has 0 aromatic heterocycles. The molecule has 0 saturated carbocycles. The van der Waals surface area contributed by atoms with E-state index < -0.39 is 12.0 Å². The zero-order chi connectivity index (χ0) is 13.0. The number of hydrogen-bond acceptors (Lipinski definition) is 4. The van der Waals surface area contributed by atoms with Crippen LogP contribution >= 0.6 is 0 Å². The number of ether oxygens (including phenoxy) is 2. The molecule has 1 aromatic rings. The summed E-state index contributed by atoms with van der Waals surface area (Å²) in [4.78, 5) is 10.9. The average molecular weight is 251 g/mol. The van der Waals surface area contributed by atoms with Crippen molar-refractivity contribution in [3.05, 3.63) is 29.8 Å². The van der Waals surface area contributed by atoms with Gasteiger partial charge in [0.25, 0.3) is 0 Å². The van der Waals surface area contributed by atoms with E-state index >= 15 is 0 Å². The first kappa shape index (κ1) is 12.9. The minimum Gasteiger partial charge on any atom is -0.488 e. The summed E-state index contributed by atoms with van der Waals surface area (Å²) in [5, 5.41) is 8.96. The third-order valence-corrected chi connectivity index (χ3v) is 2.93. The summed E-state index contributed by atoms with van der Waals surface area (Å²) in [5.74, 6) is -0.533. The highest BCUT2D eigenvalue weighted by atomic mass is 16.5. The lowest BCUT2D eigenvalue weighted by Gasteiger charge is -2.25. The van der Waals surface area contributed by atoms with Crippen LogP contribution in [0.15, 0.2) is 24.3 Å². The van der Waals surface area contributed by atoms with E-state index in [1.807, 2.05) is 0 Å². The van der Waals surface area contributed by atoms with E-state index in [9.17, 15) is 4.79 Å². The van der Waals surface area contributed by atoms with Crippen LogP contribution in [0.4, 0.5) is 0 Å². The van der Waals surface area contributed by atoms with Gasteiger partial charge < -0.3 is 20.3 Å². The molecule has 1 fully saturated rings. The van der Waals surface area contributed by atoms with E-state index in [-0.39, 0.29) is 6.10 Å². The second-order valence-electron chi connectivity index (χ2n) is 4.31. The van der Waals surface area contributed by atoms with Gasteiger partial charge in [0.2, 0.25) is 0 Å². The van der Waals surface area contributed by atoms with E-state index in [4.69, 9.17) is 20.3 Å². The first-order valence-corrected chi connectivity index (χ1v) is 6.00. The van der Waals surface area contributed by atoms with Crippen molar-refractivity contribution in [3.63, 3.8) is 0 Å². The zero-order valence-corrected chi connectivity index (χ0v) is 10.0. The lowest BCUT2D eigenvalue weighted by Crippen LogP contribution is -2.29. The normalized spacial score (nSPS) is 21.3. The van der Waals surface area contributed by atoms with Crippen molar-refractivity contribution >= 4 is 5.97 Å². The molecule has 0 radical (unpaired) electrons. The van der Waals surface area contributed by atoms with Crippen LogP contribution in [-0.2, 0) is 9.53 Å². The van der Waals surface area contributed by atoms with Gasteiger partial charge in [-0.1, -0.05) is 18.2 Å². The quantitative estimate of drug-likeness (QED) is 0.843. The van der Waals surface area contributed by atoms with Crippen LogP contribution in [0.5, 0.6) is 5.75 Å². The fraction of sp³-hybridized carbons (Fsp3) is 0.462. The van der Waals surface area contributed by atoms with Gasteiger partial charge in [-0.3, -0.25) is 4.79 Å². The van der Waals surface area contributed by atoms with Crippen LogP contribution in [0.25, 0.3) is 0 Å². The average Bonchev–Trinajstić information content (AvgIpc) is 2.39. The molecule has 5 nitrogen and oxygen atoms in total. The van der Waals surface area contributed by atoms with Gasteiger partial charge >= 0.3 is 5.97 Å². The van der Waals surface area contributed by atoms with E-state index in [2.05, 4.69) is 0 Å². The van der Waals surface area contributed by atoms with Gasteiger partial charge in [-0.25, -0.2) is 0 Å². The first-order chi connectivity index (χ1) is 8.68. The Morgan fingerprint density at radius 3 is 2.94 bits per heavy atom. The molecular formula is C13H17NO4. The molecule has 0 amide bonds. The standard InChI is InChI=1S/C13H17NO4/c14-12(13(15)16)10-5-1-2-6-11(10)18-9-4-3-7-17-8-9/h1-2,5-6,9,12H,3-4,7-8,14H2,(H,15,16). The Labute approximate surface area is 106 Å². The van der Waals surface area contributed by atoms with Crippen LogP contribution in [0.3, 0.4) is 0 Å². The monoisotopic (exact) mass is 251 g/mol. The lowest BCUT2D eigenvalue weighted by molar-refractivity contribution is -0.138. The summed E-state index contributed by atoms with van der Waals surface area (Å²) in [6.07, 6.45) is 1.84. The number of carboxylic acid groups (broad SMARTS) is 1. The minimum atomic E-state index is -1.06. The Morgan fingerprint density at radius 1 is 1.50 bits per heavy atom. The van der Waals surface area contributed by atoms with E-state index in [1.54, 1.807) is 24.3 Å². The summed E-state index contributed by atoms with van der Waals surface area (Å²) in [5.41, 5.74) is 6.13. The van der Waals surface area contributed by atoms with Gasteiger partial charge in [-0.2, -0.15) is 0 Å². The second kappa shape index (κ2) is 5.84. The maximum atomic E-state index is 10.9. The molecule has 2 rings (SSSR count). The maximum absolute atomic E-state index is 10.9. The topological polar surface area (TPSA) is 81.8 Å². The summed E-state index contributed by atoms with van der Waals surface area (Å²) in [6, 6.07) is 5.91. The number of carboxylic acids is 1. The van der Waals surface area contributed by atoms with E-state index in [1.165, 1.54) is 0 Å². The van der Waals surface area contributed by atoms with Crippen molar-refractivity contribution in [2.75, 3.05) is 13.2 Å². The third-order valence-electron chi connectivity index (χ3n) is 2.93. The summed E-state index contributed by atoms with van der Waals surface area (Å²) in [6.45, 7) is 1.30. The molecule has 1 aliphatic heterocycles. The van der Waals surface area contributed by atoms with Gasteiger partial charge in [0.1, 0.15) is 17.9 Å². The lowest BCUT2D eigenvalue weighted by atomic mass is 10.1. The molecule has 2 unspecified atom stereocenters. The molecule has 0 aliphatic carbocycles. The van der Waals surface area contributed by atoms with Crippen LogP contribution in [0.2, 0.25) is 0 Å². The Kier molecular flexibility index (Phi) is 4.17. The highest BCUT2D eigenvalue weighted by molar-refractivity contribution is 5.76. The number of para-hydroxylation sites is 1. The minimum absolute atomic E-state index is 0.0269. The van der Waals surface area contributed by atoms with E-state index in [0.717, 1.165) is 19.4 Å². The summed E-state index contributed by atoms with van der Waals surface area (Å²) in [7, 11) is 0. The Bertz CT molecular complexity index is 415. The van der Waals surface area contributed by atoms with Crippen LogP contribution in [0, 0.1) is 0 Å². The molecule has 5 heteroatoms. The number of carbonyl (C=O) groups is 1. The maximum Gasteiger partial charge on any atom is 0.325 e. The number of aliphatic carboxylic acids is 1. The van der Waals surface area contributed by atoms with Crippen LogP contribution < -0.4 is 10.5 Å². The molecule has 18 heavy (non-hydrogen) atoms. The largest absolute Gasteiger partial charge is 0.488 e. The van der Waals surface area contributed by atoms with E-state index in [0.29, 0.717) is 17.9 Å². The smallest absolute Gasteiger partial charge is 0.325 e. The first-order valence-electron chi connectivity index (χ1n) is 6.00. The van der Waals surface area contributed by atoms with Crippen molar-refractivity contribution in [3.8, 4) is 5.75 Å². The predicted octanol–water partition coefficient (Wildman–Crippen LogP) is 1.33. The van der Waals surface area contributed by atoms with Crippen molar-refractivity contribution in [1.82, 2.24) is 0 Å². The van der Waals surface area contributed by atoms with Crippen LogP contribution in [-0.4, -0.2) is 30.4 Å². The molecule has 98 valence electrons. The predicted molar refractivity (Wildman–Crippen MR) is 65.5 cm³/mol. The molecule has 0 spiro atoms. The van der Waals surface area contributed by atoms with Crippen molar-refractivity contribution in [2.45, 2.75) is 25.0 Å². The highest BCUT2D eigenvalue weighted by Gasteiger charge is 2.21. The van der Waals surface area contributed by atoms with Gasteiger partial charge in [0, 0.05) is 12.2 Å². The molecule has 1 aliphatic rings. The summed E-state index contributed by atoms with van der Waals surface area (Å²) >= 11 is 0. The Morgan fingerprint density at radius 2 is 2.28 bits per heavy atom. The van der Waals surface area contributed by atoms with Gasteiger partial charge in [0.15, 0.2) is 0 Å². The molecular weight excluding hydrogens is 234 g/mol. The van der Waals surface area contributed by atoms with Crippen molar-refractivity contribution in [2.24, 2.45) is 5.73 Å². The SMILES string of the molecule is NC(C(=O)O)c1ccccc1OC1CCCOC1. The molecule has 3 N–H and O–H groups in total. The fourth-order valence-corrected chi connectivity index (χ4v) is 1.96. The molecule has 2 atom stereocenters. The summed E-state index contributed by atoms with van der Waals surface area (Å²) < 4.78 is 11.1. The van der Waals surface area contributed by atoms with Gasteiger partial charge in [-0.15, -0.1) is 0 Å². The van der Waals surface area contributed by atoms with Gasteiger partial charge in [-0.05, 0) is 18.9 Å². The number of nitrogens with two attached hydrogens (primary N) is 1. The van der Waals surface area contributed by atoms with Crippen molar-refractivity contribution < 1.29 is 19.4 Å². The molecule has 1 aromatic carbocycles. The number of hydrogen-bond donors (Lipinski definition) is 2. The Balaban J connectivity index is 2.13. The zero-order valence-electron chi connectivity index (χ0n) is 10.0. The fourth-order valence-electron chi connectivity index (χ4n) is 1.96. The Hall–Kier alpha value is -1.59. The molecule has 1 saturated heterocycles. The molecule has 0 bridgehead atoms. The second-order valence-corrected chi connectivity index (χ2v) is 4.31. The van der Waals surface area contributed by atoms with Crippen molar-refractivity contribution in [1.29, 1.82) is 0 Å².